The highest BCUT2D eigenvalue weighted by Gasteiger charge is 2.29. The summed E-state index contributed by atoms with van der Waals surface area (Å²) in [6.07, 6.45) is 0. The molecule has 0 aliphatic carbocycles. The molecule has 3 aromatic carbocycles. The Morgan fingerprint density at radius 3 is 2.41 bits per heavy atom. The van der Waals surface area contributed by atoms with Gasteiger partial charge >= 0.3 is 0 Å². The van der Waals surface area contributed by atoms with Crippen LogP contribution in [0.3, 0.4) is 0 Å². The highest BCUT2D eigenvalue weighted by atomic mass is 127. The van der Waals surface area contributed by atoms with Crippen molar-refractivity contribution in [3.8, 4) is 5.75 Å². The minimum Gasteiger partial charge on any atom is -0.495 e. The number of carbonyl (C=O) groups is 1. The smallest absolute Gasteiger partial charge is 0.264 e. The Morgan fingerprint density at radius 2 is 1.72 bits per heavy atom. The van der Waals surface area contributed by atoms with Gasteiger partial charge in [0.1, 0.15) is 12.3 Å². The normalized spacial score (nSPS) is 11.7. The third-order valence-electron chi connectivity index (χ3n) is 4.56. The van der Waals surface area contributed by atoms with Crippen LogP contribution in [0.15, 0.2) is 88.9 Å². The quantitative estimate of drug-likeness (QED) is 0.255. The van der Waals surface area contributed by atoms with E-state index in [1.807, 2.05) is 24.3 Å². The van der Waals surface area contributed by atoms with E-state index in [1.54, 1.807) is 49.4 Å². The van der Waals surface area contributed by atoms with Crippen molar-refractivity contribution in [1.82, 2.24) is 5.43 Å². The predicted octanol–water partition coefficient (Wildman–Crippen LogP) is 4.04. The lowest BCUT2D eigenvalue weighted by Crippen LogP contribution is -2.40. The van der Waals surface area contributed by atoms with Gasteiger partial charge in [-0.1, -0.05) is 42.5 Å². The van der Waals surface area contributed by atoms with Crippen LogP contribution in [0, 0.1) is 3.57 Å². The van der Waals surface area contributed by atoms with Gasteiger partial charge in [-0.05, 0) is 71.5 Å². The number of nitrogens with one attached hydrogen (secondary N) is 1. The van der Waals surface area contributed by atoms with Gasteiger partial charge in [0, 0.05) is 3.57 Å². The first-order valence-corrected chi connectivity index (χ1v) is 12.1. The maximum absolute atomic E-state index is 13.4. The molecular weight excluding hydrogens is 541 g/mol. The molecule has 166 valence electrons. The lowest BCUT2D eigenvalue weighted by molar-refractivity contribution is -0.119. The number of hydrogen-bond donors (Lipinski definition) is 1. The molecule has 0 aliphatic rings. The van der Waals surface area contributed by atoms with Crippen molar-refractivity contribution in [3.63, 3.8) is 0 Å². The fourth-order valence-corrected chi connectivity index (χ4v) is 4.94. The molecule has 0 heterocycles. The highest BCUT2D eigenvalue weighted by Crippen LogP contribution is 2.32. The zero-order valence-electron chi connectivity index (χ0n) is 17.5. The molecule has 0 aliphatic heterocycles. The Balaban J connectivity index is 1.91. The molecule has 0 spiro atoms. The maximum Gasteiger partial charge on any atom is 0.264 e. The number of carbonyl (C=O) groups excluding carboxylic acids is 1. The minimum atomic E-state index is -4.04. The minimum absolute atomic E-state index is 0.0669. The van der Waals surface area contributed by atoms with Crippen LogP contribution in [0.5, 0.6) is 5.75 Å². The van der Waals surface area contributed by atoms with Gasteiger partial charge in [-0.3, -0.25) is 9.10 Å². The van der Waals surface area contributed by atoms with Gasteiger partial charge in [-0.15, -0.1) is 0 Å². The number of benzene rings is 3. The molecule has 32 heavy (non-hydrogen) atoms. The summed E-state index contributed by atoms with van der Waals surface area (Å²) in [5.41, 5.74) is 4.18. The van der Waals surface area contributed by atoms with E-state index in [4.69, 9.17) is 4.74 Å². The van der Waals surface area contributed by atoms with E-state index < -0.39 is 22.5 Å². The first-order chi connectivity index (χ1) is 15.3. The van der Waals surface area contributed by atoms with Crippen molar-refractivity contribution in [3.05, 3.63) is 88.0 Å². The van der Waals surface area contributed by atoms with E-state index in [0.29, 0.717) is 11.5 Å². The first-order valence-electron chi connectivity index (χ1n) is 9.63. The molecule has 0 unspecified atom stereocenters. The molecule has 0 saturated carbocycles. The Labute approximate surface area is 201 Å². The first kappa shape index (κ1) is 23.7. The number of halogens is 1. The van der Waals surface area contributed by atoms with Gasteiger partial charge in [0.2, 0.25) is 0 Å². The number of sulfonamides is 1. The zero-order valence-corrected chi connectivity index (χ0v) is 20.5. The van der Waals surface area contributed by atoms with Crippen molar-refractivity contribution >= 4 is 49.9 Å². The largest absolute Gasteiger partial charge is 0.495 e. The summed E-state index contributed by atoms with van der Waals surface area (Å²) in [7, 11) is -2.59. The predicted molar refractivity (Wildman–Crippen MR) is 133 cm³/mol. The van der Waals surface area contributed by atoms with Crippen LogP contribution in [0.2, 0.25) is 0 Å². The Morgan fingerprint density at radius 1 is 1.03 bits per heavy atom. The molecule has 1 amide bonds. The van der Waals surface area contributed by atoms with Crippen molar-refractivity contribution in [2.24, 2.45) is 5.10 Å². The van der Waals surface area contributed by atoms with Gasteiger partial charge in [-0.2, -0.15) is 5.10 Å². The van der Waals surface area contributed by atoms with E-state index >= 15 is 0 Å². The van der Waals surface area contributed by atoms with Gasteiger partial charge in [-0.25, -0.2) is 13.8 Å². The van der Waals surface area contributed by atoms with Crippen LogP contribution in [-0.2, 0) is 14.8 Å². The number of amides is 1. The number of rotatable bonds is 8. The summed E-state index contributed by atoms with van der Waals surface area (Å²) < 4.78 is 34.2. The second-order valence-electron chi connectivity index (χ2n) is 6.74. The van der Waals surface area contributed by atoms with Crippen molar-refractivity contribution in [2.45, 2.75) is 11.8 Å². The van der Waals surface area contributed by atoms with Crippen LogP contribution < -0.4 is 14.5 Å². The van der Waals surface area contributed by atoms with Crippen LogP contribution >= 0.6 is 22.6 Å². The number of ether oxygens (including phenoxy) is 1. The van der Waals surface area contributed by atoms with Crippen molar-refractivity contribution in [1.29, 1.82) is 0 Å². The van der Waals surface area contributed by atoms with Crippen molar-refractivity contribution in [2.75, 3.05) is 18.0 Å². The lowest BCUT2D eigenvalue weighted by atomic mass is 10.1. The number of hydrazone groups is 1. The summed E-state index contributed by atoms with van der Waals surface area (Å²) in [6.45, 7) is 1.30. The fourth-order valence-electron chi connectivity index (χ4n) is 2.95. The molecule has 0 bridgehead atoms. The molecule has 9 heteroatoms. The van der Waals surface area contributed by atoms with Crippen molar-refractivity contribution < 1.29 is 17.9 Å². The molecule has 0 aromatic heterocycles. The maximum atomic E-state index is 13.4. The van der Waals surface area contributed by atoms with E-state index in [2.05, 4.69) is 33.1 Å². The van der Waals surface area contributed by atoms with Gasteiger partial charge in [0.05, 0.1) is 23.4 Å². The Bertz CT molecular complexity index is 1230. The molecule has 0 saturated heterocycles. The Kier molecular flexibility index (Phi) is 7.86. The molecule has 0 fully saturated rings. The average molecular weight is 563 g/mol. The molecule has 0 radical (unpaired) electrons. The second kappa shape index (κ2) is 10.6. The molecule has 1 N–H and O–H groups in total. The highest BCUT2D eigenvalue weighted by molar-refractivity contribution is 14.1. The monoisotopic (exact) mass is 563 g/mol. The van der Waals surface area contributed by atoms with E-state index in [-0.39, 0.29) is 10.6 Å². The standard InChI is InChI=1S/C23H22IN3O4S/c1-17(18-9-8-10-19(24)15-18)25-26-23(28)16-27(21-13-6-7-14-22(21)31-2)32(29,30)20-11-4-3-5-12-20/h3-15H,16H2,1-2H3,(H,26,28). The number of nitrogens with zero attached hydrogens (tertiary/aromatic N) is 2. The zero-order chi connectivity index (χ0) is 23.1. The SMILES string of the molecule is COc1ccccc1N(CC(=O)NN=C(C)c1cccc(I)c1)S(=O)(=O)c1ccccc1. The summed E-state index contributed by atoms with van der Waals surface area (Å²) in [5.74, 6) is -0.251. The topological polar surface area (TPSA) is 88.1 Å². The van der Waals surface area contributed by atoms with Crippen LogP contribution in [0.1, 0.15) is 12.5 Å². The molecule has 7 nitrogen and oxygen atoms in total. The third-order valence-corrected chi connectivity index (χ3v) is 7.01. The number of methoxy groups -OCH3 is 1. The Hall–Kier alpha value is -2.92. The lowest BCUT2D eigenvalue weighted by Gasteiger charge is -2.25. The third kappa shape index (κ3) is 5.65. The fraction of sp³-hybridized carbons (Fsp3) is 0.130. The molecule has 3 rings (SSSR count). The number of anilines is 1. The van der Waals surface area contributed by atoms with E-state index in [0.717, 1.165) is 13.4 Å². The molecule has 3 aromatic rings. The van der Waals surface area contributed by atoms with Gasteiger partial charge in [0.15, 0.2) is 0 Å². The summed E-state index contributed by atoms with van der Waals surface area (Å²) in [5, 5.41) is 4.14. The van der Waals surface area contributed by atoms with E-state index in [1.165, 1.54) is 19.2 Å². The van der Waals surface area contributed by atoms with Crippen LogP contribution in [0.4, 0.5) is 5.69 Å². The molecular formula is C23H22IN3O4S. The average Bonchev–Trinajstić information content (AvgIpc) is 2.81. The van der Waals surface area contributed by atoms with E-state index in [9.17, 15) is 13.2 Å². The summed E-state index contributed by atoms with van der Waals surface area (Å²) >= 11 is 2.20. The summed E-state index contributed by atoms with van der Waals surface area (Å²) in [6, 6.07) is 22.3. The second-order valence-corrected chi connectivity index (χ2v) is 9.85. The van der Waals surface area contributed by atoms with Gasteiger partial charge in [0.25, 0.3) is 15.9 Å². The van der Waals surface area contributed by atoms with Crippen LogP contribution in [-0.4, -0.2) is 33.7 Å². The molecule has 0 atom stereocenters. The number of para-hydroxylation sites is 2. The number of hydrogen-bond acceptors (Lipinski definition) is 5. The summed E-state index contributed by atoms with van der Waals surface area (Å²) in [4.78, 5) is 12.8. The van der Waals surface area contributed by atoms with Gasteiger partial charge < -0.3 is 4.74 Å². The van der Waals surface area contributed by atoms with Crippen LogP contribution in [0.25, 0.3) is 0 Å².